The lowest BCUT2D eigenvalue weighted by Crippen LogP contribution is -2.30. The maximum absolute atomic E-state index is 13.7. The molecule has 0 aromatic heterocycles. The molecule has 0 unspecified atom stereocenters. The predicted octanol–water partition coefficient (Wildman–Crippen LogP) is 5.19. The number of rotatable bonds is 5. The molecule has 6 heteroatoms. The second-order valence-electron chi connectivity index (χ2n) is 6.52. The second-order valence-corrected chi connectivity index (χ2v) is 6.52. The third kappa shape index (κ3) is 4.48. The van der Waals surface area contributed by atoms with Crippen LogP contribution >= 0.6 is 0 Å². The summed E-state index contributed by atoms with van der Waals surface area (Å²) in [6, 6.07) is 16.9. The highest BCUT2D eigenvalue weighted by atomic mass is 19.1. The highest BCUT2D eigenvalue weighted by Crippen LogP contribution is 2.21. The molecule has 0 saturated carbocycles. The molecule has 29 heavy (non-hydrogen) atoms. The molecule has 4 nitrogen and oxygen atoms in total. The Kier molecular flexibility index (Phi) is 6.02. The zero-order valence-corrected chi connectivity index (χ0v) is 16.1. The van der Waals surface area contributed by atoms with Gasteiger partial charge in [-0.25, -0.2) is 8.78 Å². The van der Waals surface area contributed by atoms with Crippen molar-refractivity contribution in [1.82, 2.24) is 0 Å². The Hall–Kier alpha value is -3.54. The van der Waals surface area contributed by atoms with E-state index in [0.29, 0.717) is 12.1 Å². The molecule has 0 bridgehead atoms. The lowest BCUT2D eigenvalue weighted by Gasteiger charge is -2.21. The van der Waals surface area contributed by atoms with Crippen LogP contribution < -0.4 is 10.2 Å². The Labute approximate surface area is 167 Å². The van der Waals surface area contributed by atoms with Gasteiger partial charge in [0.25, 0.3) is 11.8 Å². The molecule has 0 heterocycles. The van der Waals surface area contributed by atoms with E-state index in [9.17, 15) is 18.4 Å². The number of benzene rings is 3. The number of anilines is 2. The summed E-state index contributed by atoms with van der Waals surface area (Å²) in [6.07, 6.45) is 0. The molecule has 0 fully saturated rings. The van der Waals surface area contributed by atoms with E-state index in [1.807, 2.05) is 38.1 Å². The van der Waals surface area contributed by atoms with E-state index in [1.165, 1.54) is 30.3 Å². The first-order chi connectivity index (χ1) is 13.9. The fourth-order valence-electron chi connectivity index (χ4n) is 2.96. The van der Waals surface area contributed by atoms with Gasteiger partial charge in [0.05, 0.1) is 0 Å². The van der Waals surface area contributed by atoms with E-state index in [2.05, 4.69) is 5.32 Å². The van der Waals surface area contributed by atoms with Gasteiger partial charge in [0.15, 0.2) is 0 Å². The first kappa shape index (κ1) is 20.2. The Morgan fingerprint density at radius 1 is 0.897 bits per heavy atom. The molecule has 0 saturated heterocycles. The smallest absolute Gasteiger partial charge is 0.258 e. The number of carbonyl (C=O) groups is 2. The largest absolute Gasteiger partial charge is 0.317 e. The topological polar surface area (TPSA) is 49.4 Å². The first-order valence-corrected chi connectivity index (χ1v) is 9.14. The summed E-state index contributed by atoms with van der Waals surface area (Å²) in [5.41, 5.74) is 1.91. The van der Waals surface area contributed by atoms with E-state index < -0.39 is 23.2 Å². The van der Waals surface area contributed by atoms with Crippen molar-refractivity contribution in [2.45, 2.75) is 13.8 Å². The zero-order valence-electron chi connectivity index (χ0n) is 16.1. The summed E-state index contributed by atoms with van der Waals surface area (Å²) >= 11 is 0. The van der Waals surface area contributed by atoms with E-state index in [-0.39, 0.29) is 11.5 Å². The van der Waals surface area contributed by atoms with E-state index in [0.717, 1.165) is 23.4 Å². The molecule has 0 radical (unpaired) electrons. The molecule has 0 spiro atoms. The number of hydrogen-bond acceptors (Lipinski definition) is 2. The SMILES string of the molecule is CCN(C(=O)c1ccc(C(=O)Nc2c(F)cccc2F)cc1)c1cccc(C)c1. The van der Waals surface area contributed by atoms with Crippen LogP contribution in [0.2, 0.25) is 0 Å². The Bertz CT molecular complexity index is 1030. The number of carbonyl (C=O) groups excluding carboxylic acids is 2. The predicted molar refractivity (Wildman–Crippen MR) is 109 cm³/mol. The van der Waals surface area contributed by atoms with Crippen LogP contribution in [0, 0.1) is 18.6 Å². The minimum atomic E-state index is -0.859. The van der Waals surface area contributed by atoms with Crippen LogP contribution in [0.3, 0.4) is 0 Å². The maximum Gasteiger partial charge on any atom is 0.258 e. The maximum atomic E-state index is 13.7. The Morgan fingerprint density at radius 2 is 1.48 bits per heavy atom. The molecule has 1 N–H and O–H groups in total. The van der Waals surface area contributed by atoms with Gasteiger partial charge in [-0.3, -0.25) is 9.59 Å². The summed E-state index contributed by atoms with van der Waals surface area (Å²) in [5.74, 6) is -2.59. The molecule has 3 aromatic rings. The van der Waals surface area contributed by atoms with Crippen LogP contribution in [0.15, 0.2) is 66.7 Å². The molecule has 3 rings (SSSR count). The third-order valence-corrected chi connectivity index (χ3v) is 4.47. The number of halogens is 2. The summed E-state index contributed by atoms with van der Waals surface area (Å²) in [4.78, 5) is 26.8. The van der Waals surface area contributed by atoms with E-state index in [1.54, 1.807) is 4.90 Å². The van der Waals surface area contributed by atoms with Crippen molar-refractivity contribution in [3.8, 4) is 0 Å². The van der Waals surface area contributed by atoms with Crippen molar-refractivity contribution in [3.05, 3.63) is 95.1 Å². The quantitative estimate of drug-likeness (QED) is 0.647. The van der Waals surface area contributed by atoms with Crippen molar-refractivity contribution in [2.24, 2.45) is 0 Å². The standard InChI is InChI=1S/C23H20F2N2O2/c1-3-27(18-7-4-6-15(2)14-18)23(29)17-12-10-16(11-13-17)22(28)26-21-19(24)8-5-9-20(21)25/h4-14H,3H2,1-2H3,(H,26,28). The van der Waals surface area contributed by atoms with Gasteiger partial charge >= 0.3 is 0 Å². The molecule has 3 aromatic carbocycles. The summed E-state index contributed by atoms with van der Waals surface area (Å²) in [6.45, 7) is 4.32. The molecule has 0 aliphatic heterocycles. The molecule has 0 atom stereocenters. The summed E-state index contributed by atoms with van der Waals surface area (Å²) in [7, 11) is 0. The fraction of sp³-hybridized carbons (Fsp3) is 0.130. The summed E-state index contributed by atoms with van der Waals surface area (Å²) < 4.78 is 27.4. The Morgan fingerprint density at radius 3 is 2.07 bits per heavy atom. The highest BCUT2D eigenvalue weighted by Gasteiger charge is 2.18. The van der Waals surface area contributed by atoms with Gasteiger partial charge in [-0.05, 0) is 67.9 Å². The van der Waals surface area contributed by atoms with Crippen molar-refractivity contribution in [3.63, 3.8) is 0 Å². The number of nitrogens with zero attached hydrogens (tertiary/aromatic N) is 1. The van der Waals surface area contributed by atoms with E-state index in [4.69, 9.17) is 0 Å². The Balaban J connectivity index is 1.78. The number of aryl methyl sites for hydroxylation is 1. The van der Waals surface area contributed by atoms with Crippen LogP contribution in [-0.2, 0) is 0 Å². The average molecular weight is 394 g/mol. The molecule has 2 amide bonds. The van der Waals surface area contributed by atoms with Crippen LogP contribution in [0.4, 0.5) is 20.2 Å². The molecular weight excluding hydrogens is 374 g/mol. The van der Waals surface area contributed by atoms with Crippen LogP contribution in [0.1, 0.15) is 33.2 Å². The van der Waals surface area contributed by atoms with Gasteiger partial charge in [-0.15, -0.1) is 0 Å². The number of nitrogens with one attached hydrogen (secondary N) is 1. The zero-order chi connectivity index (χ0) is 21.0. The highest BCUT2D eigenvalue weighted by molar-refractivity contribution is 6.08. The van der Waals surface area contributed by atoms with Crippen molar-refractivity contribution in [1.29, 1.82) is 0 Å². The lowest BCUT2D eigenvalue weighted by molar-refractivity contribution is 0.0985. The fourth-order valence-corrected chi connectivity index (χ4v) is 2.96. The molecular formula is C23H20F2N2O2. The molecule has 148 valence electrons. The third-order valence-electron chi connectivity index (χ3n) is 4.47. The van der Waals surface area contributed by atoms with Crippen LogP contribution in [-0.4, -0.2) is 18.4 Å². The first-order valence-electron chi connectivity index (χ1n) is 9.14. The van der Waals surface area contributed by atoms with Gasteiger partial charge in [-0.1, -0.05) is 18.2 Å². The summed E-state index contributed by atoms with van der Waals surface area (Å²) in [5, 5.41) is 2.23. The second kappa shape index (κ2) is 8.65. The minimum absolute atomic E-state index is 0.183. The lowest BCUT2D eigenvalue weighted by atomic mass is 10.1. The average Bonchev–Trinajstić information content (AvgIpc) is 2.71. The van der Waals surface area contributed by atoms with Crippen molar-refractivity contribution >= 4 is 23.2 Å². The van der Waals surface area contributed by atoms with Crippen molar-refractivity contribution in [2.75, 3.05) is 16.8 Å². The molecule has 0 aliphatic rings. The normalized spacial score (nSPS) is 10.5. The van der Waals surface area contributed by atoms with Crippen LogP contribution in [0.25, 0.3) is 0 Å². The van der Waals surface area contributed by atoms with Gasteiger partial charge in [0.2, 0.25) is 0 Å². The van der Waals surface area contributed by atoms with Crippen molar-refractivity contribution < 1.29 is 18.4 Å². The minimum Gasteiger partial charge on any atom is -0.317 e. The van der Waals surface area contributed by atoms with Gasteiger partial charge in [0.1, 0.15) is 17.3 Å². The monoisotopic (exact) mass is 394 g/mol. The van der Waals surface area contributed by atoms with Crippen LogP contribution in [0.5, 0.6) is 0 Å². The number of hydrogen-bond donors (Lipinski definition) is 1. The van der Waals surface area contributed by atoms with E-state index >= 15 is 0 Å². The van der Waals surface area contributed by atoms with Gasteiger partial charge in [-0.2, -0.15) is 0 Å². The number of amides is 2. The van der Waals surface area contributed by atoms with Gasteiger partial charge < -0.3 is 10.2 Å². The van der Waals surface area contributed by atoms with Gasteiger partial charge in [0, 0.05) is 23.4 Å². The molecule has 0 aliphatic carbocycles. The number of para-hydroxylation sites is 1.